The first-order valence-electron chi connectivity index (χ1n) is 17.3. The van der Waals surface area contributed by atoms with Crippen LogP contribution in [0.1, 0.15) is 66.8 Å². The van der Waals surface area contributed by atoms with Crippen LogP contribution in [0.4, 0.5) is 21.0 Å². The minimum absolute atomic E-state index is 0.0189. The molecule has 13 nitrogen and oxygen atoms in total. The Kier molecular flexibility index (Phi) is 14.3. The lowest BCUT2D eigenvalue weighted by Gasteiger charge is -2.29. The van der Waals surface area contributed by atoms with Crippen molar-refractivity contribution in [1.29, 1.82) is 0 Å². The number of amides is 3. The lowest BCUT2D eigenvalue weighted by atomic mass is 10.0. The van der Waals surface area contributed by atoms with Crippen molar-refractivity contribution in [2.24, 2.45) is 0 Å². The average molecular weight is 759 g/mol. The number of rotatable bonds is 11. The molecule has 0 aliphatic carbocycles. The van der Waals surface area contributed by atoms with Gasteiger partial charge in [0.05, 0.1) is 17.6 Å². The second kappa shape index (κ2) is 18.8. The number of aliphatic hydroxyl groups is 1. The highest BCUT2D eigenvalue weighted by molar-refractivity contribution is 6.30. The SMILES string of the molecule is CC(C)(C)OC(=O)N(CCc1ccc(NC(=O)[C@@H]2CCCN2C(=O)O)cc1)CC(O)c1cccc(Cl)c1.O=C(c1ccccc1)c1ccc([N+](=O)[O-])cc1. The van der Waals surface area contributed by atoms with Crippen LogP contribution in [0.15, 0.2) is 103 Å². The predicted octanol–water partition coefficient (Wildman–Crippen LogP) is 7.76. The monoisotopic (exact) mass is 758 g/mol. The molecule has 0 radical (unpaired) electrons. The van der Waals surface area contributed by atoms with E-state index in [4.69, 9.17) is 16.3 Å². The predicted molar refractivity (Wildman–Crippen MR) is 204 cm³/mol. The van der Waals surface area contributed by atoms with Crippen molar-refractivity contribution in [1.82, 2.24) is 9.80 Å². The van der Waals surface area contributed by atoms with Gasteiger partial charge in [-0.3, -0.25) is 24.6 Å². The van der Waals surface area contributed by atoms with E-state index in [0.717, 1.165) is 10.5 Å². The zero-order valence-corrected chi connectivity index (χ0v) is 30.9. The molecule has 1 saturated heterocycles. The number of nitro groups is 1. The molecule has 1 unspecified atom stereocenters. The van der Waals surface area contributed by atoms with Crippen molar-refractivity contribution in [3.05, 3.63) is 141 Å². The molecule has 0 saturated carbocycles. The number of halogens is 1. The Morgan fingerprint density at radius 2 is 1.61 bits per heavy atom. The summed E-state index contributed by atoms with van der Waals surface area (Å²) in [6, 6.07) is 27.7. The molecule has 1 aliphatic heterocycles. The third-order valence-electron chi connectivity index (χ3n) is 8.35. The van der Waals surface area contributed by atoms with E-state index in [1.54, 1.807) is 81.4 Å². The van der Waals surface area contributed by atoms with E-state index in [1.165, 1.54) is 29.2 Å². The van der Waals surface area contributed by atoms with Gasteiger partial charge in [0.15, 0.2) is 5.78 Å². The van der Waals surface area contributed by atoms with Crippen LogP contribution in [0.5, 0.6) is 0 Å². The number of carbonyl (C=O) groups excluding carboxylic acids is 3. The molecule has 3 N–H and O–H groups in total. The highest BCUT2D eigenvalue weighted by Gasteiger charge is 2.34. The fourth-order valence-corrected chi connectivity index (χ4v) is 5.81. The van der Waals surface area contributed by atoms with E-state index < -0.39 is 34.9 Å². The molecule has 0 bridgehead atoms. The number of aliphatic hydroxyl groups excluding tert-OH is 1. The standard InChI is InChI=1S/C27H34ClN3O6.C13H9NO3/c1-27(2,3)37-26(36)30(17-23(32)19-6-4-7-20(28)16-19)15-13-18-9-11-21(12-10-18)29-24(33)22-8-5-14-31(22)25(34)35;15-13(10-4-2-1-3-5-10)11-6-8-12(9-7-11)14(16)17/h4,6-7,9-12,16,22-23,32H,5,8,13-15,17H2,1-3H3,(H,29,33)(H,34,35);1-9H/t22-,23?;/m0./s1. The Morgan fingerprint density at radius 3 is 2.20 bits per heavy atom. The molecule has 1 heterocycles. The second-order valence-electron chi connectivity index (χ2n) is 13.6. The number of nitrogens with zero attached hydrogens (tertiary/aromatic N) is 3. The lowest BCUT2D eigenvalue weighted by molar-refractivity contribution is -0.384. The number of nitrogens with one attached hydrogen (secondary N) is 1. The summed E-state index contributed by atoms with van der Waals surface area (Å²) >= 11 is 6.05. The number of non-ortho nitro benzene ring substituents is 1. The first-order valence-corrected chi connectivity index (χ1v) is 17.6. The van der Waals surface area contributed by atoms with Gasteiger partial charge in [-0.05, 0) is 87.6 Å². The van der Waals surface area contributed by atoms with Crippen molar-refractivity contribution < 1.29 is 39.1 Å². The minimum Gasteiger partial charge on any atom is -0.465 e. The Morgan fingerprint density at radius 1 is 0.963 bits per heavy atom. The molecule has 5 rings (SSSR count). The van der Waals surface area contributed by atoms with E-state index in [2.05, 4.69) is 5.32 Å². The fourth-order valence-electron chi connectivity index (χ4n) is 5.61. The molecule has 0 aromatic heterocycles. The third kappa shape index (κ3) is 12.1. The van der Waals surface area contributed by atoms with Gasteiger partial charge in [-0.15, -0.1) is 0 Å². The van der Waals surface area contributed by atoms with Crippen LogP contribution in [0.25, 0.3) is 0 Å². The first kappa shape index (κ1) is 41.0. The van der Waals surface area contributed by atoms with Gasteiger partial charge in [-0.1, -0.05) is 66.2 Å². The molecule has 1 aliphatic rings. The van der Waals surface area contributed by atoms with Crippen molar-refractivity contribution in [2.75, 3.05) is 25.0 Å². The zero-order valence-electron chi connectivity index (χ0n) is 30.2. The number of carboxylic acid groups (broad SMARTS) is 1. The second-order valence-corrected chi connectivity index (χ2v) is 14.0. The number of hydrogen-bond acceptors (Lipinski definition) is 8. The molecule has 284 valence electrons. The Balaban J connectivity index is 0.000000317. The van der Waals surface area contributed by atoms with Gasteiger partial charge in [0.25, 0.3) is 5.69 Å². The molecule has 0 spiro atoms. The van der Waals surface area contributed by atoms with E-state index in [1.807, 2.05) is 18.2 Å². The number of benzene rings is 4. The Bertz CT molecular complexity index is 1920. The third-order valence-corrected chi connectivity index (χ3v) is 8.58. The molecule has 2 atom stereocenters. The molecule has 14 heteroatoms. The normalized spacial score (nSPS) is 14.2. The number of ketones is 1. The molecule has 3 amide bonds. The summed E-state index contributed by atoms with van der Waals surface area (Å²) in [7, 11) is 0. The van der Waals surface area contributed by atoms with Crippen molar-refractivity contribution in [2.45, 2.75) is 57.8 Å². The van der Waals surface area contributed by atoms with Gasteiger partial charge in [0, 0.05) is 47.1 Å². The topological polar surface area (TPSA) is 180 Å². The lowest BCUT2D eigenvalue weighted by Crippen LogP contribution is -2.42. The summed E-state index contributed by atoms with van der Waals surface area (Å²) in [5.41, 5.74) is 2.39. The van der Waals surface area contributed by atoms with Crippen molar-refractivity contribution in [3.63, 3.8) is 0 Å². The average Bonchev–Trinajstić information content (AvgIpc) is 3.65. The number of carbonyl (C=O) groups is 4. The van der Waals surface area contributed by atoms with Crippen LogP contribution >= 0.6 is 11.6 Å². The smallest absolute Gasteiger partial charge is 0.410 e. The summed E-state index contributed by atoms with van der Waals surface area (Å²) in [6.07, 6.45) is -0.920. The van der Waals surface area contributed by atoms with Gasteiger partial charge in [0.2, 0.25) is 5.91 Å². The van der Waals surface area contributed by atoms with E-state index in [0.29, 0.717) is 59.8 Å². The summed E-state index contributed by atoms with van der Waals surface area (Å²) in [5.74, 6) is -0.487. The van der Waals surface area contributed by atoms with Crippen molar-refractivity contribution >= 4 is 46.9 Å². The van der Waals surface area contributed by atoms with Crippen LogP contribution in [-0.4, -0.2) is 80.1 Å². The molecular formula is C40H43ClN4O9. The van der Waals surface area contributed by atoms with E-state index >= 15 is 0 Å². The van der Waals surface area contributed by atoms with Gasteiger partial charge in [0.1, 0.15) is 11.6 Å². The van der Waals surface area contributed by atoms with Gasteiger partial charge in [-0.2, -0.15) is 0 Å². The molecule has 4 aromatic rings. The number of hydrogen-bond donors (Lipinski definition) is 3. The van der Waals surface area contributed by atoms with Crippen LogP contribution < -0.4 is 5.32 Å². The van der Waals surface area contributed by atoms with Crippen LogP contribution in [-0.2, 0) is 16.0 Å². The van der Waals surface area contributed by atoms with Crippen LogP contribution in [0, 0.1) is 10.1 Å². The maximum atomic E-state index is 12.9. The number of ether oxygens (including phenoxy) is 1. The van der Waals surface area contributed by atoms with E-state index in [-0.39, 0.29) is 23.9 Å². The van der Waals surface area contributed by atoms with Gasteiger partial charge < -0.3 is 25.2 Å². The largest absolute Gasteiger partial charge is 0.465 e. The highest BCUT2D eigenvalue weighted by Crippen LogP contribution is 2.22. The maximum absolute atomic E-state index is 12.9. The van der Waals surface area contributed by atoms with Crippen molar-refractivity contribution in [3.8, 4) is 0 Å². The summed E-state index contributed by atoms with van der Waals surface area (Å²) in [5, 5.41) is 33.7. The summed E-state index contributed by atoms with van der Waals surface area (Å²) in [6.45, 7) is 6.03. The summed E-state index contributed by atoms with van der Waals surface area (Å²) in [4.78, 5) is 61.3. The summed E-state index contributed by atoms with van der Waals surface area (Å²) < 4.78 is 5.54. The van der Waals surface area contributed by atoms with Gasteiger partial charge in [-0.25, -0.2) is 9.59 Å². The highest BCUT2D eigenvalue weighted by atomic mass is 35.5. The Labute approximate surface area is 318 Å². The first-order chi connectivity index (χ1) is 25.6. The fraction of sp³-hybridized carbons (Fsp3) is 0.300. The quantitative estimate of drug-likeness (QED) is 0.0783. The molecule has 4 aromatic carbocycles. The number of anilines is 1. The zero-order chi connectivity index (χ0) is 39.4. The van der Waals surface area contributed by atoms with E-state index in [9.17, 15) is 39.5 Å². The molecule has 1 fully saturated rings. The maximum Gasteiger partial charge on any atom is 0.410 e. The number of likely N-dealkylation sites (tertiary alicyclic amines) is 1. The number of nitro benzene ring substituents is 1. The van der Waals surface area contributed by atoms with Gasteiger partial charge >= 0.3 is 12.2 Å². The molecule has 54 heavy (non-hydrogen) atoms. The minimum atomic E-state index is -1.09. The van der Waals surface area contributed by atoms with Crippen LogP contribution in [0.2, 0.25) is 5.02 Å². The Hall–Kier alpha value is -5.79. The van der Waals surface area contributed by atoms with Crippen LogP contribution in [0.3, 0.4) is 0 Å². The molecular weight excluding hydrogens is 716 g/mol.